The Balaban J connectivity index is 2.61. The lowest BCUT2D eigenvalue weighted by atomic mass is 10.1. The zero-order valence-corrected chi connectivity index (χ0v) is 13.3. The van der Waals surface area contributed by atoms with Gasteiger partial charge in [-0.3, -0.25) is 9.59 Å². The van der Waals surface area contributed by atoms with Crippen molar-refractivity contribution >= 4 is 23.5 Å². The topological polar surface area (TPSA) is 70.4 Å². The molecule has 0 saturated carbocycles. The van der Waals surface area contributed by atoms with Crippen LogP contribution < -0.4 is 0 Å². The third kappa shape index (κ3) is 6.59. The highest BCUT2D eigenvalue weighted by molar-refractivity contribution is 6.30. The molecule has 0 atom stereocenters. The largest absolute Gasteiger partial charge is 0.466 e. The van der Waals surface area contributed by atoms with Crippen LogP contribution in [0.2, 0.25) is 5.02 Å². The van der Waals surface area contributed by atoms with Crippen molar-refractivity contribution in [3.63, 3.8) is 0 Å². The van der Waals surface area contributed by atoms with Gasteiger partial charge in [0, 0.05) is 18.1 Å². The van der Waals surface area contributed by atoms with Crippen LogP contribution in [0.3, 0.4) is 0 Å². The number of benzene rings is 1. The molecule has 0 heterocycles. The van der Waals surface area contributed by atoms with Gasteiger partial charge >= 0.3 is 5.97 Å². The van der Waals surface area contributed by atoms with E-state index in [4.69, 9.17) is 21.6 Å². The molecule has 0 unspecified atom stereocenters. The molecule has 1 amide bonds. The Bertz CT molecular complexity index is 537. The molecule has 6 heteroatoms. The minimum absolute atomic E-state index is 0.123. The van der Waals surface area contributed by atoms with Gasteiger partial charge in [-0.05, 0) is 24.6 Å². The number of ether oxygens (including phenoxy) is 1. The molecule has 1 aromatic carbocycles. The van der Waals surface area contributed by atoms with Gasteiger partial charge in [0.25, 0.3) is 0 Å². The van der Waals surface area contributed by atoms with Crippen molar-refractivity contribution in [1.82, 2.24) is 4.90 Å². The number of carbonyl (C=O) groups excluding carboxylic acids is 2. The molecule has 0 aromatic heterocycles. The zero-order valence-electron chi connectivity index (χ0n) is 12.5. The van der Waals surface area contributed by atoms with Crippen LogP contribution >= 0.6 is 11.6 Å². The lowest BCUT2D eigenvalue weighted by Gasteiger charge is -2.21. The monoisotopic (exact) mass is 322 g/mol. The van der Waals surface area contributed by atoms with E-state index < -0.39 is 0 Å². The minimum atomic E-state index is -0.344. The minimum Gasteiger partial charge on any atom is -0.466 e. The second-order valence-electron chi connectivity index (χ2n) is 4.65. The number of nitrogens with zero attached hydrogens (tertiary/aromatic N) is 2. The summed E-state index contributed by atoms with van der Waals surface area (Å²) in [6, 6.07) is 9.03. The lowest BCUT2D eigenvalue weighted by Crippen LogP contribution is -2.35. The van der Waals surface area contributed by atoms with Gasteiger partial charge in [0.1, 0.15) is 0 Å². The maximum Gasteiger partial charge on any atom is 0.307 e. The summed E-state index contributed by atoms with van der Waals surface area (Å²) in [6.07, 6.45) is 0.576. The van der Waals surface area contributed by atoms with Gasteiger partial charge in [0.2, 0.25) is 5.91 Å². The fraction of sp³-hybridized carbons (Fsp3) is 0.438. The van der Waals surface area contributed by atoms with Crippen LogP contribution in [0.1, 0.15) is 25.3 Å². The first kappa shape index (κ1) is 18.0. The van der Waals surface area contributed by atoms with Crippen molar-refractivity contribution in [2.45, 2.75) is 26.2 Å². The first-order chi connectivity index (χ1) is 10.6. The second kappa shape index (κ2) is 9.80. The first-order valence-corrected chi connectivity index (χ1v) is 7.49. The second-order valence-corrected chi connectivity index (χ2v) is 5.08. The number of halogens is 1. The third-order valence-electron chi connectivity index (χ3n) is 3.01. The molecule has 118 valence electrons. The first-order valence-electron chi connectivity index (χ1n) is 7.11. The zero-order chi connectivity index (χ0) is 16.4. The Hall–Kier alpha value is -2.06. The summed E-state index contributed by atoms with van der Waals surface area (Å²) in [7, 11) is 0. The van der Waals surface area contributed by atoms with Crippen molar-refractivity contribution in [2.24, 2.45) is 0 Å². The summed E-state index contributed by atoms with van der Waals surface area (Å²) in [5.74, 6) is -0.467. The highest BCUT2D eigenvalue weighted by Gasteiger charge is 2.15. The Morgan fingerprint density at radius 1 is 1.27 bits per heavy atom. The van der Waals surface area contributed by atoms with E-state index >= 15 is 0 Å². The van der Waals surface area contributed by atoms with E-state index in [1.807, 2.05) is 6.07 Å². The molecule has 0 spiro atoms. The van der Waals surface area contributed by atoms with Gasteiger partial charge < -0.3 is 9.64 Å². The average Bonchev–Trinajstić information content (AvgIpc) is 2.50. The lowest BCUT2D eigenvalue weighted by molar-refractivity contribution is -0.144. The number of rotatable bonds is 8. The summed E-state index contributed by atoms with van der Waals surface area (Å²) in [4.78, 5) is 25.2. The van der Waals surface area contributed by atoms with Crippen LogP contribution in [0.4, 0.5) is 0 Å². The van der Waals surface area contributed by atoms with Crippen LogP contribution in [0.15, 0.2) is 24.3 Å². The molecule has 0 aliphatic heterocycles. The molecule has 0 bridgehead atoms. The van der Waals surface area contributed by atoms with Gasteiger partial charge in [-0.15, -0.1) is 0 Å². The molecule has 1 aromatic rings. The average molecular weight is 323 g/mol. The number of hydrogen-bond acceptors (Lipinski definition) is 4. The molecular weight excluding hydrogens is 304 g/mol. The molecule has 5 nitrogen and oxygen atoms in total. The fourth-order valence-electron chi connectivity index (χ4n) is 1.89. The van der Waals surface area contributed by atoms with E-state index in [1.165, 1.54) is 4.90 Å². The summed E-state index contributed by atoms with van der Waals surface area (Å²) < 4.78 is 4.85. The Kier molecular flexibility index (Phi) is 8.01. The third-order valence-corrected chi connectivity index (χ3v) is 3.26. The van der Waals surface area contributed by atoms with Crippen molar-refractivity contribution in [3.8, 4) is 6.07 Å². The maximum absolute atomic E-state index is 12.3. The summed E-state index contributed by atoms with van der Waals surface area (Å²) in [5.41, 5.74) is 0.840. The van der Waals surface area contributed by atoms with Crippen molar-refractivity contribution in [3.05, 3.63) is 34.9 Å². The van der Waals surface area contributed by atoms with Crippen molar-refractivity contribution < 1.29 is 14.3 Å². The number of hydrogen-bond donors (Lipinski definition) is 0. The predicted octanol–water partition coefficient (Wildman–Crippen LogP) is 2.58. The van der Waals surface area contributed by atoms with E-state index in [0.717, 1.165) is 5.56 Å². The van der Waals surface area contributed by atoms with E-state index in [1.54, 1.807) is 31.2 Å². The number of amides is 1. The maximum atomic E-state index is 12.3. The fourth-order valence-corrected chi connectivity index (χ4v) is 2.02. The van der Waals surface area contributed by atoms with E-state index in [-0.39, 0.29) is 37.7 Å². The van der Waals surface area contributed by atoms with E-state index in [9.17, 15) is 9.59 Å². The smallest absolute Gasteiger partial charge is 0.307 e. The van der Waals surface area contributed by atoms with Gasteiger partial charge in [-0.25, -0.2) is 0 Å². The summed E-state index contributed by atoms with van der Waals surface area (Å²) >= 11 is 5.81. The number of esters is 1. The highest BCUT2D eigenvalue weighted by atomic mass is 35.5. The van der Waals surface area contributed by atoms with Gasteiger partial charge in [0.05, 0.1) is 31.9 Å². The molecule has 0 aliphatic carbocycles. The molecular formula is C16H19ClN2O3. The van der Waals surface area contributed by atoms with Crippen LogP contribution in [0, 0.1) is 11.3 Å². The quantitative estimate of drug-likeness (QED) is 0.690. The number of carbonyl (C=O) groups is 2. The van der Waals surface area contributed by atoms with E-state index in [2.05, 4.69) is 0 Å². The van der Waals surface area contributed by atoms with Crippen LogP contribution in [-0.4, -0.2) is 36.5 Å². The Labute approximate surface area is 135 Å². The van der Waals surface area contributed by atoms with Crippen molar-refractivity contribution in [1.29, 1.82) is 5.26 Å². The van der Waals surface area contributed by atoms with Crippen LogP contribution in [0.25, 0.3) is 0 Å². The van der Waals surface area contributed by atoms with E-state index in [0.29, 0.717) is 18.2 Å². The molecule has 0 saturated heterocycles. The normalized spacial score (nSPS) is 9.86. The predicted molar refractivity (Wildman–Crippen MR) is 83.2 cm³/mol. The SMILES string of the molecule is CCOC(=O)CCN(CCC#N)C(=O)Cc1ccc(Cl)cc1. The Morgan fingerprint density at radius 2 is 1.95 bits per heavy atom. The van der Waals surface area contributed by atoms with Crippen LogP contribution in [-0.2, 0) is 20.7 Å². The molecule has 0 fully saturated rings. The molecule has 0 aliphatic rings. The summed E-state index contributed by atoms with van der Waals surface area (Å²) in [5, 5.41) is 9.30. The Morgan fingerprint density at radius 3 is 2.55 bits per heavy atom. The molecule has 1 rings (SSSR count). The number of nitriles is 1. The van der Waals surface area contributed by atoms with Gasteiger partial charge in [-0.2, -0.15) is 5.26 Å². The highest BCUT2D eigenvalue weighted by Crippen LogP contribution is 2.11. The van der Waals surface area contributed by atoms with Crippen LogP contribution in [0.5, 0.6) is 0 Å². The summed E-state index contributed by atoms with van der Waals surface area (Å²) in [6.45, 7) is 2.61. The molecule has 0 radical (unpaired) electrons. The van der Waals surface area contributed by atoms with Gasteiger partial charge in [0.15, 0.2) is 0 Å². The molecule has 0 N–H and O–H groups in total. The standard InChI is InChI=1S/C16H19ClN2O3/c1-2-22-16(21)8-11-19(10-3-9-18)15(20)12-13-4-6-14(17)7-5-13/h4-7H,2-3,8,10-12H2,1H3. The van der Waals surface area contributed by atoms with Crippen molar-refractivity contribution in [2.75, 3.05) is 19.7 Å². The van der Waals surface area contributed by atoms with Gasteiger partial charge in [-0.1, -0.05) is 23.7 Å². The molecule has 22 heavy (non-hydrogen) atoms.